The van der Waals surface area contributed by atoms with E-state index in [4.69, 9.17) is 0 Å². The molecule has 4 nitrogen and oxygen atoms in total. The first kappa shape index (κ1) is 69.1. The lowest BCUT2D eigenvalue weighted by Gasteiger charge is -2.20. The molecule has 0 fully saturated rings. The minimum Gasteiger partial charge on any atom is -0.394 e. The van der Waals surface area contributed by atoms with Crippen molar-refractivity contribution in [1.82, 2.24) is 5.32 Å². The maximum absolute atomic E-state index is 12.5. The lowest BCUT2D eigenvalue weighted by molar-refractivity contribution is -0.123. The Balaban J connectivity index is 3.36. The van der Waals surface area contributed by atoms with Crippen LogP contribution in [-0.2, 0) is 4.79 Å². The molecule has 0 radical (unpaired) electrons. The van der Waals surface area contributed by atoms with Crippen LogP contribution >= 0.6 is 0 Å². The molecule has 0 bridgehead atoms. The molecule has 0 aliphatic rings. The topological polar surface area (TPSA) is 69.6 Å². The summed E-state index contributed by atoms with van der Waals surface area (Å²) in [7, 11) is 0. The van der Waals surface area contributed by atoms with Crippen LogP contribution in [-0.4, -0.2) is 34.9 Å². The largest absolute Gasteiger partial charge is 0.394 e. The summed E-state index contributed by atoms with van der Waals surface area (Å²) in [5.41, 5.74) is 0. The molecular weight excluding hydrogens is 855 g/mol. The Labute approximate surface area is 441 Å². The molecule has 2 unspecified atom stereocenters. The molecule has 1 amide bonds. The summed E-state index contributed by atoms with van der Waals surface area (Å²) in [6, 6.07) is -0.619. The fraction of sp³-hybridized carbons (Fsp3) is 0.955. The van der Waals surface area contributed by atoms with Crippen molar-refractivity contribution >= 4 is 5.91 Å². The van der Waals surface area contributed by atoms with Gasteiger partial charge >= 0.3 is 0 Å². The number of carbonyl (C=O) groups is 1. The van der Waals surface area contributed by atoms with Gasteiger partial charge in [-0.15, -0.1) is 0 Å². The number of amides is 1. The summed E-state index contributed by atoms with van der Waals surface area (Å²) >= 11 is 0. The maximum Gasteiger partial charge on any atom is 0.220 e. The van der Waals surface area contributed by atoms with E-state index in [1.165, 1.54) is 340 Å². The summed E-state index contributed by atoms with van der Waals surface area (Å²) in [4.78, 5) is 12.5. The van der Waals surface area contributed by atoms with Crippen molar-refractivity contribution in [2.75, 3.05) is 6.61 Å². The van der Waals surface area contributed by atoms with Gasteiger partial charge < -0.3 is 15.5 Å². The van der Waals surface area contributed by atoms with Crippen LogP contribution in [0.2, 0.25) is 0 Å². The highest BCUT2D eigenvalue weighted by molar-refractivity contribution is 5.76. The summed E-state index contributed by atoms with van der Waals surface area (Å²) in [6.45, 7) is 4.36. The minimum absolute atomic E-state index is 0.0542. The Bertz CT molecular complexity index is 982. The standard InChI is InChI=1S/C66H131NO3/c1-3-5-7-9-11-13-15-17-19-21-23-25-26-27-28-29-30-31-32-33-34-35-36-37-38-39-40-41-42-44-46-48-50-52-54-56-58-60-62-66(70)67-64(63-68)65(69)61-59-57-55-53-51-49-47-45-43-24-22-20-18-16-14-12-10-8-6-4-2/h59,61,64-65,68-69H,3-58,60,62-63H2,1-2H3,(H,67,70)/b61-59+. The van der Waals surface area contributed by atoms with Gasteiger partial charge in [-0.2, -0.15) is 0 Å². The molecule has 0 aliphatic heterocycles. The summed E-state index contributed by atoms with van der Waals surface area (Å²) in [6.07, 6.45) is 82.9. The SMILES string of the molecule is CCCCCCCCCCCCCCCCCCCC/C=C/C(O)C(CO)NC(=O)CCCCCCCCCCCCCCCCCCCCCCCCCCCCCCCCCCCCCCCC. The van der Waals surface area contributed by atoms with E-state index in [1.807, 2.05) is 6.08 Å². The molecule has 70 heavy (non-hydrogen) atoms. The smallest absolute Gasteiger partial charge is 0.220 e. The number of hydrogen-bond donors (Lipinski definition) is 3. The summed E-state index contributed by atoms with van der Waals surface area (Å²) in [5, 5.41) is 23.2. The number of nitrogens with one attached hydrogen (secondary N) is 1. The molecule has 2 atom stereocenters. The number of aliphatic hydroxyl groups excluding tert-OH is 2. The molecule has 0 aromatic carbocycles. The quantitative estimate of drug-likeness (QED) is 0.0420. The molecule has 3 N–H and O–H groups in total. The zero-order valence-electron chi connectivity index (χ0n) is 48.3. The van der Waals surface area contributed by atoms with Gasteiger partial charge in [0.2, 0.25) is 5.91 Å². The second-order valence-electron chi connectivity index (χ2n) is 22.9. The van der Waals surface area contributed by atoms with Gasteiger partial charge in [0.15, 0.2) is 0 Å². The maximum atomic E-state index is 12.5. The van der Waals surface area contributed by atoms with Crippen LogP contribution in [0.5, 0.6) is 0 Å². The molecule has 4 heteroatoms. The van der Waals surface area contributed by atoms with Gasteiger partial charge in [0.1, 0.15) is 0 Å². The highest BCUT2D eigenvalue weighted by Gasteiger charge is 2.18. The van der Waals surface area contributed by atoms with Crippen molar-refractivity contribution in [2.24, 2.45) is 0 Å². The average Bonchev–Trinajstić information content (AvgIpc) is 3.36. The van der Waals surface area contributed by atoms with E-state index < -0.39 is 12.1 Å². The Morgan fingerprint density at radius 3 is 0.743 bits per heavy atom. The normalized spacial score (nSPS) is 12.7. The Hall–Kier alpha value is -0.870. The van der Waals surface area contributed by atoms with Crippen LogP contribution in [0.1, 0.15) is 386 Å². The molecule has 0 saturated carbocycles. The first-order valence-corrected chi connectivity index (χ1v) is 32.9. The molecule has 0 rings (SSSR count). The molecule has 0 heterocycles. The number of aliphatic hydroxyl groups is 2. The van der Waals surface area contributed by atoms with E-state index in [-0.39, 0.29) is 12.5 Å². The molecule has 418 valence electrons. The van der Waals surface area contributed by atoms with E-state index in [2.05, 4.69) is 19.2 Å². The lowest BCUT2D eigenvalue weighted by atomic mass is 10.0. The Kier molecular flexibility index (Phi) is 61.6. The zero-order chi connectivity index (χ0) is 50.6. The Morgan fingerprint density at radius 2 is 0.529 bits per heavy atom. The van der Waals surface area contributed by atoms with Gasteiger partial charge in [0.25, 0.3) is 0 Å². The molecule has 0 aromatic rings. The van der Waals surface area contributed by atoms with Gasteiger partial charge in [0, 0.05) is 6.42 Å². The van der Waals surface area contributed by atoms with Crippen LogP contribution in [0, 0.1) is 0 Å². The predicted octanol–water partition coefficient (Wildman–Crippen LogP) is 22.0. The first-order chi connectivity index (χ1) is 34.7. The third-order valence-corrected chi connectivity index (χ3v) is 15.8. The van der Waals surface area contributed by atoms with Crippen LogP contribution in [0.3, 0.4) is 0 Å². The second kappa shape index (κ2) is 62.4. The van der Waals surface area contributed by atoms with Crippen molar-refractivity contribution in [3.05, 3.63) is 12.2 Å². The van der Waals surface area contributed by atoms with E-state index in [9.17, 15) is 15.0 Å². The highest BCUT2D eigenvalue weighted by Crippen LogP contribution is 2.19. The van der Waals surface area contributed by atoms with Crippen molar-refractivity contribution < 1.29 is 15.0 Å². The number of allylic oxidation sites excluding steroid dienone is 1. The fourth-order valence-corrected chi connectivity index (χ4v) is 10.8. The van der Waals surface area contributed by atoms with Gasteiger partial charge in [-0.1, -0.05) is 373 Å². The molecule has 0 saturated heterocycles. The van der Waals surface area contributed by atoms with Crippen LogP contribution in [0.4, 0.5) is 0 Å². The average molecular weight is 987 g/mol. The van der Waals surface area contributed by atoms with Crippen molar-refractivity contribution in [3.8, 4) is 0 Å². The Morgan fingerprint density at radius 1 is 0.329 bits per heavy atom. The molecule has 0 spiro atoms. The van der Waals surface area contributed by atoms with Crippen molar-refractivity contribution in [3.63, 3.8) is 0 Å². The first-order valence-electron chi connectivity index (χ1n) is 32.9. The molecule has 0 aliphatic carbocycles. The van der Waals surface area contributed by atoms with E-state index >= 15 is 0 Å². The summed E-state index contributed by atoms with van der Waals surface area (Å²) in [5.74, 6) is -0.0542. The highest BCUT2D eigenvalue weighted by atomic mass is 16.3. The molecular formula is C66H131NO3. The number of carbonyl (C=O) groups excluding carboxylic acids is 1. The van der Waals surface area contributed by atoms with E-state index in [1.54, 1.807) is 6.08 Å². The third kappa shape index (κ3) is 58.0. The van der Waals surface area contributed by atoms with Gasteiger partial charge in [0.05, 0.1) is 18.8 Å². The zero-order valence-corrected chi connectivity index (χ0v) is 48.3. The van der Waals surface area contributed by atoms with Crippen LogP contribution in [0.15, 0.2) is 12.2 Å². The monoisotopic (exact) mass is 986 g/mol. The van der Waals surface area contributed by atoms with Gasteiger partial charge in [-0.05, 0) is 19.3 Å². The van der Waals surface area contributed by atoms with Crippen molar-refractivity contribution in [2.45, 2.75) is 398 Å². The van der Waals surface area contributed by atoms with E-state index in [0.29, 0.717) is 6.42 Å². The van der Waals surface area contributed by atoms with Gasteiger partial charge in [-0.25, -0.2) is 0 Å². The van der Waals surface area contributed by atoms with Gasteiger partial charge in [-0.3, -0.25) is 4.79 Å². The van der Waals surface area contributed by atoms with Crippen LogP contribution in [0.25, 0.3) is 0 Å². The molecule has 0 aromatic heterocycles. The van der Waals surface area contributed by atoms with Crippen LogP contribution < -0.4 is 5.32 Å². The summed E-state index contributed by atoms with van der Waals surface area (Å²) < 4.78 is 0. The number of unbranched alkanes of at least 4 members (excludes halogenated alkanes) is 55. The third-order valence-electron chi connectivity index (χ3n) is 15.8. The van der Waals surface area contributed by atoms with E-state index in [0.717, 1.165) is 25.7 Å². The second-order valence-corrected chi connectivity index (χ2v) is 22.9. The predicted molar refractivity (Wildman–Crippen MR) is 313 cm³/mol. The minimum atomic E-state index is -0.836. The lowest BCUT2D eigenvalue weighted by Crippen LogP contribution is -2.45. The fourth-order valence-electron chi connectivity index (χ4n) is 10.8. The number of hydrogen-bond acceptors (Lipinski definition) is 3. The van der Waals surface area contributed by atoms with Crippen molar-refractivity contribution in [1.29, 1.82) is 0 Å². The number of rotatable bonds is 62.